The van der Waals surface area contributed by atoms with Crippen LogP contribution >= 0.6 is 0 Å². The van der Waals surface area contributed by atoms with Crippen molar-refractivity contribution >= 4 is 0 Å². The van der Waals surface area contributed by atoms with E-state index in [1.54, 1.807) is 0 Å². The summed E-state index contributed by atoms with van der Waals surface area (Å²) in [6, 6.07) is 23.8. The van der Waals surface area contributed by atoms with Gasteiger partial charge in [-0.15, -0.1) is 0 Å². The van der Waals surface area contributed by atoms with Gasteiger partial charge in [-0.25, -0.2) is 0 Å². The highest BCUT2D eigenvalue weighted by Crippen LogP contribution is 2.33. The van der Waals surface area contributed by atoms with Gasteiger partial charge in [0.05, 0.1) is 0 Å². The Labute approximate surface area is 127 Å². The zero-order valence-electron chi connectivity index (χ0n) is 12.9. The van der Waals surface area contributed by atoms with Crippen LogP contribution in [-0.2, 0) is 0 Å². The third kappa shape index (κ3) is 2.62. The molecule has 0 N–H and O–H groups in total. The van der Waals surface area contributed by atoms with Gasteiger partial charge in [0.25, 0.3) is 0 Å². The fourth-order valence-corrected chi connectivity index (χ4v) is 2.94. The zero-order valence-corrected chi connectivity index (χ0v) is 12.9. The molecular formula is C21H20. The fraction of sp³-hybridized carbons (Fsp3) is 0.143. The molecule has 0 heterocycles. The first-order chi connectivity index (χ1) is 10.2. The Balaban J connectivity index is 2.20. The lowest BCUT2D eigenvalue weighted by Crippen LogP contribution is -1.91. The number of aryl methyl sites for hydroxylation is 3. The molecule has 3 aromatic rings. The van der Waals surface area contributed by atoms with Crippen molar-refractivity contribution < 1.29 is 0 Å². The molecule has 0 aliphatic heterocycles. The van der Waals surface area contributed by atoms with Gasteiger partial charge in [-0.05, 0) is 65.8 Å². The van der Waals surface area contributed by atoms with E-state index in [4.69, 9.17) is 0 Å². The topological polar surface area (TPSA) is 0 Å². The summed E-state index contributed by atoms with van der Waals surface area (Å²) in [6.45, 7) is 6.57. The lowest BCUT2D eigenvalue weighted by atomic mass is 9.90. The summed E-state index contributed by atoms with van der Waals surface area (Å²) in [7, 11) is 0. The number of hydrogen-bond acceptors (Lipinski definition) is 0. The first-order valence-corrected chi connectivity index (χ1v) is 7.39. The molecule has 0 bridgehead atoms. The molecule has 0 aliphatic rings. The zero-order chi connectivity index (χ0) is 14.8. The third-order valence-electron chi connectivity index (χ3n) is 4.10. The largest absolute Gasteiger partial charge is 0.0622 e. The van der Waals surface area contributed by atoms with Crippen LogP contribution in [0.15, 0.2) is 66.7 Å². The molecule has 104 valence electrons. The van der Waals surface area contributed by atoms with Crippen molar-refractivity contribution in [2.24, 2.45) is 0 Å². The summed E-state index contributed by atoms with van der Waals surface area (Å²) in [5, 5.41) is 0. The Kier molecular flexibility index (Phi) is 3.62. The van der Waals surface area contributed by atoms with E-state index in [9.17, 15) is 0 Å². The Hall–Kier alpha value is -2.34. The molecule has 0 fully saturated rings. The molecule has 0 saturated carbocycles. The minimum Gasteiger partial charge on any atom is -0.0622 e. The van der Waals surface area contributed by atoms with Crippen LogP contribution in [0.4, 0.5) is 0 Å². The molecule has 0 nitrogen and oxygen atoms in total. The van der Waals surface area contributed by atoms with E-state index in [1.165, 1.54) is 38.9 Å². The maximum Gasteiger partial charge on any atom is -0.0123 e. The Morgan fingerprint density at radius 2 is 1.19 bits per heavy atom. The SMILES string of the molecule is Cc1ccc(-c2ccccc2)cc1-c1c(C)cccc1C. The van der Waals surface area contributed by atoms with Crippen molar-refractivity contribution in [3.63, 3.8) is 0 Å². The minimum atomic E-state index is 1.27. The van der Waals surface area contributed by atoms with Crippen LogP contribution in [0.1, 0.15) is 16.7 Å². The third-order valence-corrected chi connectivity index (χ3v) is 4.10. The Bertz CT molecular complexity index is 747. The van der Waals surface area contributed by atoms with Crippen LogP contribution in [0.5, 0.6) is 0 Å². The normalized spacial score (nSPS) is 10.6. The summed E-state index contributed by atoms with van der Waals surface area (Å²) >= 11 is 0. The van der Waals surface area contributed by atoms with E-state index in [1.807, 2.05) is 0 Å². The maximum atomic E-state index is 2.32. The van der Waals surface area contributed by atoms with E-state index >= 15 is 0 Å². The van der Waals surface area contributed by atoms with Crippen molar-refractivity contribution in [3.05, 3.63) is 83.4 Å². The van der Waals surface area contributed by atoms with Gasteiger partial charge in [0.2, 0.25) is 0 Å². The van der Waals surface area contributed by atoms with E-state index in [0.29, 0.717) is 0 Å². The van der Waals surface area contributed by atoms with Crippen molar-refractivity contribution in [3.8, 4) is 22.3 Å². The highest BCUT2D eigenvalue weighted by molar-refractivity contribution is 5.78. The minimum absolute atomic E-state index is 1.27. The van der Waals surface area contributed by atoms with Crippen molar-refractivity contribution in [1.82, 2.24) is 0 Å². The lowest BCUT2D eigenvalue weighted by molar-refractivity contribution is 1.35. The predicted molar refractivity (Wildman–Crippen MR) is 91.5 cm³/mol. The van der Waals surface area contributed by atoms with E-state index in [2.05, 4.69) is 87.5 Å². The second-order valence-electron chi connectivity index (χ2n) is 5.66. The van der Waals surface area contributed by atoms with Crippen LogP contribution in [0, 0.1) is 20.8 Å². The van der Waals surface area contributed by atoms with Crippen LogP contribution in [-0.4, -0.2) is 0 Å². The summed E-state index contributed by atoms with van der Waals surface area (Å²) in [4.78, 5) is 0. The molecule has 0 saturated heterocycles. The first-order valence-electron chi connectivity index (χ1n) is 7.39. The molecule has 21 heavy (non-hydrogen) atoms. The average molecular weight is 272 g/mol. The van der Waals surface area contributed by atoms with Gasteiger partial charge in [0, 0.05) is 0 Å². The number of benzene rings is 3. The maximum absolute atomic E-state index is 2.32. The summed E-state index contributed by atoms with van der Waals surface area (Å²) < 4.78 is 0. The molecule has 0 unspecified atom stereocenters. The second kappa shape index (κ2) is 5.57. The molecule has 0 radical (unpaired) electrons. The molecule has 0 aromatic heterocycles. The Morgan fingerprint density at radius 1 is 0.524 bits per heavy atom. The van der Waals surface area contributed by atoms with Gasteiger partial charge in [0.1, 0.15) is 0 Å². The molecule has 0 amide bonds. The molecular weight excluding hydrogens is 252 g/mol. The number of rotatable bonds is 2. The second-order valence-corrected chi connectivity index (χ2v) is 5.66. The van der Waals surface area contributed by atoms with Crippen molar-refractivity contribution in [2.75, 3.05) is 0 Å². The van der Waals surface area contributed by atoms with Gasteiger partial charge >= 0.3 is 0 Å². The summed E-state index contributed by atoms with van der Waals surface area (Å²) in [6.07, 6.45) is 0. The summed E-state index contributed by atoms with van der Waals surface area (Å²) in [5.41, 5.74) is 9.25. The Morgan fingerprint density at radius 3 is 1.86 bits per heavy atom. The van der Waals surface area contributed by atoms with E-state index in [-0.39, 0.29) is 0 Å². The van der Waals surface area contributed by atoms with Crippen LogP contribution in [0.3, 0.4) is 0 Å². The van der Waals surface area contributed by atoms with Gasteiger partial charge in [-0.2, -0.15) is 0 Å². The first kappa shape index (κ1) is 13.6. The standard InChI is InChI=1S/C21H20/c1-15-12-13-19(18-10-5-4-6-11-18)14-20(15)21-16(2)8-7-9-17(21)3/h4-14H,1-3H3. The van der Waals surface area contributed by atoms with Crippen LogP contribution in [0.25, 0.3) is 22.3 Å². The predicted octanol–water partition coefficient (Wildman–Crippen LogP) is 5.95. The average Bonchev–Trinajstić information content (AvgIpc) is 2.50. The van der Waals surface area contributed by atoms with Crippen molar-refractivity contribution in [2.45, 2.75) is 20.8 Å². The van der Waals surface area contributed by atoms with Gasteiger partial charge in [0.15, 0.2) is 0 Å². The highest BCUT2D eigenvalue weighted by atomic mass is 14.1. The number of hydrogen-bond donors (Lipinski definition) is 0. The van der Waals surface area contributed by atoms with Crippen LogP contribution in [0.2, 0.25) is 0 Å². The molecule has 3 aromatic carbocycles. The molecule has 3 rings (SSSR count). The van der Waals surface area contributed by atoms with Crippen molar-refractivity contribution in [1.29, 1.82) is 0 Å². The summed E-state index contributed by atoms with van der Waals surface area (Å²) in [5.74, 6) is 0. The molecule has 0 heteroatoms. The van der Waals surface area contributed by atoms with E-state index < -0.39 is 0 Å². The van der Waals surface area contributed by atoms with Crippen LogP contribution < -0.4 is 0 Å². The smallest absolute Gasteiger partial charge is 0.0123 e. The van der Waals surface area contributed by atoms with Gasteiger partial charge < -0.3 is 0 Å². The molecule has 0 aliphatic carbocycles. The quantitative estimate of drug-likeness (QED) is 0.541. The van der Waals surface area contributed by atoms with E-state index in [0.717, 1.165) is 0 Å². The molecule has 0 spiro atoms. The fourth-order valence-electron chi connectivity index (χ4n) is 2.94. The van der Waals surface area contributed by atoms with Gasteiger partial charge in [-0.3, -0.25) is 0 Å². The molecule has 0 atom stereocenters. The lowest BCUT2D eigenvalue weighted by Gasteiger charge is -2.14. The monoisotopic (exact) mass is 272 g/mol. The highest BCUT2D eigenvalue weighted by Gasteiger charge is 2.09. The van der Waals surface area contributed by atoms with Gasteiger partial charge in [-0.1, -0.05) is 60.7 Å².